The number of hydrogen-bond donors (Lipinski definition) is 0. The SMILES string of the molecule is COC(C)Cn1c(C)c(S(=O)(=O)Cl)c2ccccc21. The standard InChI is InChI=1S/C13H16ClNO3S/c1-9(18-3)8-15-10(2)13(19(14,16)17)11-6-4-5-7-12(11)15/h4-7,9H,8H2,1-3H3. The third kappa shape index (κ3) is 2.63. The molecule has 0 N–H and O–H groups in total. The first-order valence-electron chi connectivity index (χ1n) is 5.91. The van der Waals surface area contributed by atoms with Crippen molar-refractivity contribution in [3.8, 4) is 0 Å². The predicted octanol–water partition coefficient (Wildman–Crippen LogP) is 2.91. The molecule has 1 unspecified atom stereocenters. The zero-order chi connectivity index (χ0) is 14.2. The molecule has 0 bridgehead atoms. The van der Waals surface area contributed by atoms with Gasteiger partial charge in [0, 0.05) is 40.9 Å². The minimum atomic E-state index is -3.77. The summed E-state index contributed by atoms with van der Waals surface area (Å²) in [5.74, 6) is 0. The molecule has 0 fully saturated rings. The van der Waals surface area contributed by atoms with Crippen LogP contribution in [-0.4, -0.2) is 26.2 Å². The van der Waals surface area contributed by atoms with Gasteiger partial charge in [0.2, 0.25) is 0 Å². The first kappa shape index (κ1) is 14.4. The third-order valence-electron chi connectivity index (χ3n) is 3.26. The Bertz CT molecular complexity index is 706. The number of para-hydroxylation sites is 1. The monoisotopic (exact) mass is 301 g/mol. The van der Waals surface area contributed by atoms with E-state index in [-0.39, 0.29) is 11.0 Å². The van der Waals surface area contributed by atoms with E-state index in [0.717, 1.165) is 5.52 Å². The lowest BCUT2D eigenvalue weighted by Gasteiger charge is -2.13. The number of nitrogens with zero attached hydrogens (tertiary/aromatic N) is 1. The molecule has 0 saturated carbocycles. The van der Waals surface area contributed by atoms with Gasteiger partial charge in [-0.3, -0.25) is 0 Å². The quantitative estimate of drug-likeness (QED) is 0.816. The van der Waals surface area contributed by atoms with Crippen LogP contribution in [0.4, 0.5) is 0 Å². The zero-order valence-corrected chi connectivity index (χ0v) is 12.6. The summed E-state index contributed by atoms with van der Waals surface area (Å²) >= 11 is 0. The van der Waals surface area contributed by atoms with Crippen LogP contribution in [0.1, 0.15) is 12.6 Å². The van der Waals surface area contributed by atoms with Crippen molar-refractivity contribution in [2.75, 3.05) is 7.11 Å². The largest absolute Gasteiger partial charge is 0.380 e. The fraction of sp³-hybridized carbons (Fsp3) is 0.385. The van der Waals surface area contributed by atoms with Crippen LogP contribution in [0.2, 0.25) is 0 Å². The summed E-state index contributed by atoms with van der Waals surface area (Å²) in [6, 6.07) is 7.33. The number of methoxy groups -OCH3 is 1. The molecule has 6 heteroatoms. The van der Waals surface area contributed by atoms with Gasteiger partial charge in [-0.2, -0.15) is 0 Å². The van der Waals surface area contributed by atoms with E-state index in [0.29, 0.717) is 17.6 Å². The van der Waals surface area contributed by atoms with Crippen molar-refractivity contribution in [2.45, 2.75) is 31.4 Å². The van der Waals surface area contributed by atoms with Crippen molar-refractivity contribution in [2.24, 2.45) is 0 Å². The third-order valence-corrected chi connectivity index (χ3v) is 4.72. The summed E-state index contributed by atoms with van der Waals surface area (Å²) in [7, 11) is 3.41. The Hall–Kier alpha value is -1.04. The lowest BCUT2D eigenvalue weighted by atomic mass is 10.2. The molecule has 0 spiro atoms. The van der Waals surface area contributed by atoms with Crippen molar-refractivity contribution in [1.29, 1.82) is 0 Å². The Morgan fingerprint density at radius 2 is 2.00 bits per heavy atom. The van der Waals surface area contributed by atoms with Gasteiger partial charge in [0.1, 0.15) is 4.90 Å². The van der Waals surface area contributed by atoms with Gasteiger partial charge in [-0.1, -0.05) is 18.2 Å². The van der Waals surface area contributed by atoms with Gasteiger partial charge < -0.3 is 9.30 Å². The Morgan fingerprint density at radius 3 is 2.58 bits per heavy atom. The van der Waals surface area contributed by atoms with Crippen LogP contribution < -0.4 is 0 Å². The molecular weight excluding hydrogens is 286 g/mol. The number of fused-ring (bicyclic) bond motifs is 1. The van der Waals surface area contributed by atoms with Gasteiger partial charge in [0.05, 0.1) is 6.10 Å². The van der Waals surface area contributed by atoms with Gasteiger partial charge >= 0.3 is 0 Å². The number of aromatic nitrogens is 1. The molecule has 1 aromatic heterocycles. The lowest BCUT2D eigenvalue weighted by Crippen LogP contribution is -2.15. The number of rotatable bonds is 4. The second-order valence-corrected chi connectivity index (χ2v) is 7.03. The molecule has 0 amide bonds. The minimum Gasteiger partial charge on any atom is -0.380 e. The zero-order valence-electron chi connectivity index (χ0n) is 11.1. The Balaban J connectivity index is 2.75. The molecule has 0 saturated heterocycles. The van der Waals surface area contributed by atoms with Crippen molar-refractivity contribution in [3.05, 3.63) is 30.0 Å². The Labute approximate surface area is 117 Å². The van der Waals surface area contributed by atoms with E-state index < -0.39 is 9.05 Å². The summed E-state index contributed by atoms with van der Waals surface area (Å²) in [6.45, 7) is 4.27. The predicted molar refractivity (Wildman–Crippen MR) is 76.2 cm³/mol. The molecule has 2 aromatic rings. The summed E-state index contributed by atoms with van der Waals surface area (Å²) < 4.78 is 30.7. The molecule has 1 aromatic carbocycles. The maximum absolute atomic E-state index is 11.8. The number of ether oxygens (including phenoxy) is 1. The van der Waals surface area contributed by atoms with Crippen molar-refractivity contribution >= 4 is 30.6 Å². The fourth-order valence-corrected chi connectivity index (χ4v) is 3.76. The molecule has 1 atom stereocenters. The van der Waals surface area contributed by atoms with Crippen LogP contribution in [0.3, 0.4) is 0 Å². The molecule has 104 valence electrons. The summed E-state index contributed by atoms with van der Waals surface area (Å²) in [5, 5.41) is 0.651. The van der Waals surface area contributed by atoms with E-state index >= 15 is 0 Å². The van der Waals surface area contributed by atoms with Crippen LogP contribution in [-0.2, 0) is 20.3 Å². The van der Waals surface area contributed by atoms with Crippen LogP contribution in [0.25, 0.3) is 10.9 Å². The molecule has 2 rings (SSSR count). The Kier molecular flexibility index (Phi) is 3.90. The highest BCUT2D eigenvalue weighted by atomic mass is 35.7. The van der Waals surface area contributed by atoms with Gasteiger partial charge in [0.15, 0.2) is 0 Å². The summed E-state index contributed by atoms with van der Waals surface area (Å²) in [6.07, 6.45) is -0.0135. The van der Waals surface area contributed by atoms with Crippen molar-refractivity contribution in [1.82, 2.24) is 4.57 Å². The maximum atomic E-state index is 11.8. The summed E-state index contributed by atoms with van der Waals surface area (Å²) in [4.78, 5) is 0.188. The van der Waals surface area contributed by atoms with Crippen molar-refractivity contribution < 1.29 is 13.2 Å². The number of benzene rings is 1. The Morgan fingerprint density at radius 1 is 1.37 bits per heavy atom. The minimum absolute atomic E-state index is 0.0135. The van der Waals surface area contributed by atoms with E-state index in [2.05, 4.69) is 0 Å². The van der Waals surface area contributed by atoms with E-state index in [1.54, 1.807) is 26.2 Å². The van der Waals surface area contributed by atoms with E-state index in [4.69, 9.17) is 15.4 Å². The first-order chi connectivity index (χ1) is 8.86. The second-order valence-electron chi connectivity index (χ2n) is 4.53. The smallest absolute Gasteiger partial charge is 0.263 e. The highest BCUT2D eigenvalue weighted by molar-refractivity contribution is 8.14. The van der Waals surface area contributed by atoms with Crippen LogP contribution in [0, 0.1) is 6.92 Å². The molecule has 0 radical (unpaired) electrons. The van der Waals surface area contributed by atoms with Gasteiger partial charge in [0.25, 0.3) is 9.05 Å². The van der Waals surface area contributed by atoms with Gasteiger partial charge in [-0.15, -0.1) is 0 Å². The fourth-order valence-electron chi connectivity index (χ4n) is 2.27. The second kappa shape index (κ2) is 5.15. The first-order valence-corrected chi connectivity index (χ1v) is 8.22. The average molecular weight is 302 g/mol. The van der Waals surface area contributed by atoms with Crippen LogP contribution in [0.15, 0.2) is 29.2 Å². The van der Waals surface area contributed by atoms with E-state index in [1.807, 2.05) is 23.6 Å². The van der Waals surface area contributed by atoms with Crippen LogP contribution >= 0.6 is 10.7 Å². The molecule has 19 heavy (non-hydrogen) atoms. The van der Waals surface area contributed by atoms with E-state index in [1.165, 1.54) is 0 Å². The summed E-state index contributed by atoms with van der Waals surface area (Å²) in [5.41, 5.74) is 1.49. The molecule has 0 aliphatic rings. The highest BCUT2D eigenvalue weighted by Crippen LogP contribution is 2.32. The maximum Gasteiger partial charge on any atom is 0.263 e. The van der Waals surface area contributed by atoms with Crippen molar-refractivity contribution in [3.63, 3.8) is 0 Å². The topological polar surface area (TPSA) is 48.3 Å². The number of hydrogen-bond acceptors (Lipinski definition) is 3. The number of halogens is 1. The van der Waals surface area contributed by atoms with Gasteiger partial charge in [-0.25, -0.2) is 8.42 Å². The normalized spacial score (nSPS) is 13.9. The molecule has 0 aliphatic carbocycles. The molecular formula is C13H16ClNO3S. The lowest BCUT2D eigenvalue weighted by molar-refractivity contribution is 0.104. The molecule has 1 heterocycles. The van der Waals surface area contributed by atoms with Gasteiger partial charge in [-0.05, 0) is 19.9 Å². The van der Waals surface area contributed by atoms with E-state index in [9.17, 15) is 8.42 Å². The van der Waals surface area contributed by atoms with Crippen LogP contribution in [0.5, 0.6) is 0 Å². The highest BCUT2D eigenvalue weighted by Gasteiger charge is 2.23. The molecule has 0 aliphatic heterocycles. The molecule has 4 nitrogen and oxygen atoms in total. The average Bonchev–Trinajstić information content (AvgIpc) is 2.62.